The second-order valence-electron chi connectivity index (χ2n) is 10.3. The molecule has 2 aromatic carbocycles. The van der Waals surface area contributed by atoms with E-state index in [1.165, 1.54) is 6.21 Å². The monoisotopic (exact) mass is 810 g/mol. The maximum atomic E-state index is 8.91. The Morgan fingerprint density at radius 1 is 0.431 bits per heavy atom. The van der Waals surface area contributed by atoms with Gasteiger partial charge in [-0.05, 0) is 136 Å². The quantitative estimate of drug-likeness (QED) is 0.186. The van der Waals surface area contributed by atoms with Crippen molar-refractivity contribution in [2.75, 3.05) is 0 Å². The number of ether oxygens (including phenoxy) is 2. The lowest BCUT2D eigenvalue weighted by molar-refractivity contribution is 0.322. The molecule has 1 heterocycles. The molecule has 1 N–H and O–H groups in total. The van der Waals surface area contributed by atoms with E-state index in [4.69, 9.17) is 27.5 Å². The molecule has 65 heavy (non-hydrogen) atoms. The fourth-order valence-corrected chi connectivity index (χ4v) is 3.89. The van der Waals surface area contributed by atoms with Gasteiger partial charge in [0, 0.05) is 172 Å². The molecule has 0 fully saturated rings. The number of oxime groups is 1. The van der Waals surface area contributed by atoms with Crippen LogP contribution in [0.1, 0.15) is 11.1 Å². The molecule has 5 nitrogen and oxygen atoms in total. The molecular weight excluding hydrogens is 797 g/mol. The molecule has 0 aliphatic rings. The fourth-order valence-electron chi connectivity index (χ4n) is 3.89. The third-order valence-corrected chi connectivity index (χ3v) is 6.13. The van der Waals surface area contributed by atoms with Crippen molar-refractivity contribution in [1.82, 2.24) is 4.57 Å². The zero-order valence-electron chi connectivity index (χ0n) is 33.2. The van der Waals surface area contributed by atoms with Gasteiger partial charge in [-0.1, -0.05) is 11.2 Å². The van der Waals surface area contributed by atoms with Crippen molar-refractivity contribution in [3.63, 3.8) is 0 Å². The number of hydrogen-bond acceptors (Lipinski definition) is 4. The minimum atomic E-state index is 0.373. The first-order valence-electron chi connectivity index (χ1n) is 17.4. The highest BCUT2D eigenvalue weighted by molar-refractivity contribution is 5.89. The Labute approximate surface area is 379 Å². The summed E-state index contributed by atoms with van der Waals surface area (Å²) in [6.07, 6.45) is 18.3. The molecule has 0 saturated carbocycles. The van der Waals surface area contributed by atoms with Gasteiger partial charge in [0.15, 0.2) is 0 Å². The van der Waals surface area contributed by atoms with Gasteiger partial charge in [-0.15, -0.1) is 12.8 Å². The van der Waals surface area contributed by atoms with Crippen LogP contribution in [0.5, 0.6) is 11.5 Å². The number of rotatable bonds is 5. The van der Waals surface area contributed by atoms with E-state index >= 15 is 0 Å². The van der Waals surface area contributed by atoms with Crippen LogP contribution >= 0.6 is 0 Å². The van der Waals surface area contributed by atoms with Crippen molar-refractivity contribution in [2.24, 2.45) is 5.16 Å². The molecule has 0 aliphatic carbocycles. The summed E-state index contributed by atoms with van der Waals surface area (Å²) in [4.78, 5) is 0. The molecule has 3 aromatic rings. The van der Waals surface area contributed by atoms with Crippen LogP contribution in [0.25, 0.3) is 10.9 Å². The summed E-state index contributed by atoms with van der Waals surface area (Å²) in [6.45, 7) is 0.447. The van der Waals surface area contributed by atoms with Crippen molar-refractivity contribution < 1.29 is 14.7 Å². The predicted molar refractivity (Wildman–Crippen MR) is 251 cm³/mol. The van der Waals surface area contributed by atoms with E-state index in [0.717, 1.165) is 22.0 Å². The van der Waals surface area contributed by atoms with Crippen LogP contribution in [0.4, 0.5) is 0 Å². The molecule has 0 aliphatic heterocycles. The average molecular weight is 811 g/mol. The van der Waals surface area contributed by atoms with Crippen LogP contribution in [0.3, 0.4) is 0 Å². The van der Waals surface area contributed by atoms with Gasteiger partial charge in [0.25, 0.3) is 0 Å². The maximum Gasteiger partial charge on any atom is 0.144 e. The number of fused-ring (bicyclic) bond motifs is 1. The van der Waals surface area contributed by atoms with Crippen molar-refractivity contribution in [1.29, 1.82) is 0 Å². The highest BCUT2D eigenvalue weighted by atomic mass is 16.5. The molecule has 0 radical (unpaired) electrons. The number of nitrogens with zero attached hydrogens (tertiary/aromatic N) is 2. The SMILES string of the molecule is C#CC#CC#CC#CC#CC#CC#CC#CC#CC#CC#COc1cc(Cn2ccc3cc(/C=N\O)ccc32)cc(OC#CC#CC#CC#CC#CC#CC#CC#CC#CC#CC#C)c1. The Morgan fingerprint density at radius 2 is 0.769 bits per heavy atom. The van der Waals surface area contributed by atoms with Gasteiger partial charge in [0.05, 0.1) is 6.21 Å². The van der Waals surface area contributed by atoms with E-state index in [-0.39, 0.29) is 0 Å². The fraction of sp³-hybridized carbons (Fsp3) is 0.0167. The smallest absolute Gasteiger partial charge is 0.144 e. The van der Waals surface area contributed by atoms with E-state index < -0.39 is 0 Å². The average Bonchev–Trinajstić information content (AvgIpc) is 3.71. The predicted octanol–water partition coefficient (Wildman–Crippen LogP) is 3.50. The van der Waals surface area contributed by atoms with Gasteiger partial charge in [-0.3, -0.25) is 0 Å². The van der Waals surface area contributed by atoms with Crippen molar-refractivity contribution in [3.8, 4) is 273 Å². The molecule has 0 amide bonds. The first-order chi connectivity index (χ1) is 32.2. The molecule has 0 bridgehead atoms. The van der Waals surface area contributed by atoms with Crippen LogP contribution in [0, 0.1) is 262 Å². The third-order valence-electron chi connectivity index (χ3n) is 6.13. The van der Waals surface area contributed by atoms with E-state index in [2.05, 4.69) is 254 Å². The van der Waals surface area contributed by atoms with E-state index in [1.54, 1.807) is 18.2 Å². The maximum absolute atomic E-state index is 8.91. The van der Waals surface area contributed by atoms with Gasteiger partial charge in [0.1, 0.15) is 23.7 Å². The standard InChI is InChI=1S/C60H14N2O3/c1-3-5-7-9-11-13-15-17-19-21-23-25-27-29-31-33-35-37-39-41-47-64-58-50-56(54-62-46-45-57-49-55(53-61-63)43-44-60(57)62)51-59(52-58)65-48-42-40-38-36-34-32-30-28-26-24-22-20-18-16-14-12-10-8-6-4-2/h1-2,43-46,49-53,63H,54H2/b61-53-. The number of hydrogen-bond donors (Lipinski definition) is 1. The molecule has 5 heteroatoms. The Morgan fingerprint density at radius 3 is 1.11 bits per heavy atom. The Bertz CT molecular complexity index is 3700. The van der Waals surface area contributed by atoms with E-state index in [1.807, 2.05) is 35.0 Å². The molecule has 0 atom stereocenters. The van der Waals surface area contributed by atoms with Gasteiger partial charge in [-0.2, -0.15) is 0 Å². The lowest BCUT2D eigenvalue weighted by Gasteiger charge is -2.09. The van der Waals surface area contributed by atoms with Crippen LogP contribution < -0.4 is 9.47 Å². The summed E-state index contributed by atoms with van der Waals surface area (Å²) in [5, 5.41) is 13.0. The second-order valence-corrected chi connectivity index (χ2v) is 10.3. The molecule has 0 unspecified atom stereocenters. The minimum absolute atomic E-state index is 0.373. The van der Waals surface area contributed by atoms with Crippen molar-refractivity contribution in [2.45, 2.75) is 6.54 Å². The highest BCUT2D eigenvalue weighted by Crippen LogP contribution is 2.25. The summed E-state index contributed by atoms with van der Waals surface area (Å²) in [5.74, 6) is 100. The minimum Gasteiger partial charge on any atom is -0.411 e. The molecule has 0 saturated heterocycles. The lowest BCUT2D eigenvalue weighted by Crippen LogP contribution is -1.99. The third kappa shape index (κ3) is 22.6. The van der Waals surface area contributed by atoms with Crippen molar-refractivity contribution in [3.05, 3.63) is 59.8 Å². The van der Waals surface area contributed by atoms with Crippen LogP contribution in [-0.4, -0.2) is 16.0 Å². The summed E-state index contributed by atoms with van der Waals surface area (Å²) in [7, 11) is 0. The van der Waals surface area contributed by atoms with Crippen LogP contribution in [0.2, 0.25) is 0 Å². The Balaban J connectivity index is 1.65. The normalized spacial score (nSPS) is 6.49. The molecule has 1 aromatic heterocycles. The number of terminal acetylenes is 2. The zero-order valence-corrected chi connectivity index (χ0v) is 33.2. The van der Waals surface area contributed by atoms with Gasteiger partial charge < -0.3 is 19.2 Å². The topological polar surface area (TPSA) is 56.0 Å². The van der Waals surface area contributed by atoms with Crippen molar-refractivity contribution >= 4 is 17.1 Å². The first-order valence-corrected chi connectivity index (χ1v) is 17.4. The largest absolute Gasteiger partial charge is 0.411 e. The molecular formula is C60H14N2O3. The van der Waals surface area contributed by atoms with Gasteiger partial charge in [0.2, 0.25) is 0 Å². The second kappa shape index (κ2) is 32.5. The Hall–Kier alpha value is -12.6. The van der Waals surface area contributed by atoms with Gasteiger partial charge >= 0.3 is 0 Å². The first kappa shape index (κ1) is 46.8. The van der Waals surface area contributed by atoms with E-state index in [0.29, 0.717) is 18.0 Å². The molecule has 282 valence electrons. The highest BCUT2D eigenvalue weighted by Gasteiger charge is 2.07. The molecule has 0 spiro atoms. The Kier molecular flexibility index (Phi) is 23.3. The number of aromatic nitrogens is 1. The molecule has 3 rings (SSSR count). The van der Waals surface area contributed by atoms with Gasteiger partial charge in [-0.25, -0.2) is 0 Å². The summed E-state index contributed by atoms with van der Waals surface area (Å²) >= 11 is 0. The van der Waals surface area contributed by atoms with Crippen LogP contribution in [0.15, 0.2) is 53.8 Å². The summed E-state index contributed by atoms with van der Waals surface area (Å²) < 4.78 is 13.3. The zero-order chi connectivity index (χ0) is 45.9. The van der Waals surface area contributed by atoms with E-state index in [9.17, 15) is 0 Å². The lowest BCUT2D eigenvalue weighted by atomic mass is 10.1. The van der Waals surface area contributed by atoms with Crippen LogP contribution in [-0.2, 0) is 6.54 Å². The number of benzene rings is 2. The summed E-state index contributed by atoms with van der Waals surface area (Å²) in [6, 6.07) is 12.8. The summed E-state index contributed by atoms with van der Waals surface area (Å²) in [5.41, 5.74) is 2.52.